The summed E-state index contributed by atoms with van der Waals surface area (Å²) in [6.07, 6.45) is 3.24. The number of rotatable bonds is 4. The number of hydrogen-bond donors (Lipinski definition) is 1. The van der Waals surface area contributed by atoms with Crippen LogP contribution in [-0.4, -0.2) is 49.7 Å². The normalized spacial score (nSPS) is 24.3. The highest BCUT2D eigenvalue weighted by atomic mass is 35.5. The fourth-order valence-electron chi connectivity index (χ4n) is 3.05. The Morgan fingerprint density at radius 1 is 1.38 bits per heavy atom. The topological polar surface area (TPSA) is 41.6 Å². The molecular weight excluding hydrogens is 308 g/mol. The summed E-state index contributed by atoms with van der Waals surface area (Å²) in [5, 5.41) is 3.12. The summed E-state index contributed by atoms with van der Waals surface area (Å²) in [4.78, 5) is 15.3. The number of piperidine rings is 1. The number of carbonyl (C=O) groups is 1. The van der Waals surface area contributed by atoms with Crippen molar-refractivity contribution in [3.05, 3.63) is 21.3 Å². The number of amides is 1. The van der Waals surface area contributed by atoms with Crippen molar-refractivity contribution < 1.29 is 9.53 Å². The van der Waals surface area contributed by atoms with Gasteiger partial charge in [0.2, 0.25) is 0 Å². The van der Waals surface area contributed by atoms with E-state index in [0.29, 0.717) is 15.1 Å². The van der Waals surface area contributed by atoms with E-state index in [-0.39, 0.29) is 11.9 Å². The minimum absolute atomic E-state index is 0.00884. The molecule has 4 nitrogen and oxygen atoms in total. The quantitative estimate of drug-likeness (QED) is 0.924. The highest BCUT2D eigenvalue weighted by Crippen LogP contribution is 2.22. The Bertz CT molecular complexity index is 480. The minimum atomic E-state index is 0.00884. The van der Waals surface area contributed by atoms with E-state index in [2.05, 4.69) is 10.2 Å². The smallest absolute Gasteiger partial charge is 0.261 e. The van der Waals surface area contributed by atoms with Crippen LogP contribution in [0.15, 0.2) is 12.1 Å². The maximum absolute atomic E-state index is 12.1. The zero-order valence-corrected chi connectivity index (χ0v) is 13.6. The van der Waals surface area contributed by atoms with Crippen molar-refractivity contribution in [1.82, 2.24) is 10.2 Å². The largest absolute Gasteiger partial charge is 0.381 e. The summed E-state index contributed by atoms with van der Waals surface area (Å²) in [5.74, 6) is 0.707. The van der Waals surface area contributed by atoms with Gasteiger partial charge >= 0.3 is 0 Å². The molecule has 3 heterocycles. The van der Waals surface area contributed by atoms with E-state index in [1.807, 2.05) is 0 Å². The van der Waals surface area contributed by atoms with Crippen LogP contribution in [0, 0.1) is 5.92 Å². The van der Waals surface area contributed by atoms with Gasteiger partial charge in [-0.2, -0.15) is 0 Å². The fraction of sp³-hybridized carbons (Fsp3) is 0.667. The van der Waals surface area contributed by atoms with Gasteiger partial charge in [0, 0.05) is 32.3 Å². The molecule has 0 radical (unpaired) electrons. The first-order chi connectivity index (χ1) is 10.2. The molecule has 2 aliphatic rings. The number of nitrogens with zero attached hydrogens (tertiary/aromatic N) is 1. The third-order valence-electron chi connectivity index (χ3n) is 4.26. The van der Waals surface area contributed by atoms with Gasteiger partial charge in [-0.05, 0) is 37.3 Å². The average Bonchev–Trinajstić information content (AvgIpc) is 3.12. The maximum atomic E-state index is 12.1. The second-order valence-corrected chi connectivity index (χ2v) is 7.60. The molecular formula is C15H21ClN2O2S. The van der Waals surface area contributed by atoms with E-state index >= 15 is 0 Å². The van der Waals surface area contributed by atoms with Gasteiger partial charge in [0.25, 0.3) is 5.91 Å². The second-order valence-electron chi connectivity index (χ2n) is 5.88. The SMILES string of the molecule is O=C(NC1CCN(CC2CCOC2)CC1)c1ccc(Cl)s1. The van der Waals surface area contributed by atoms with Gasteiger partial charge in [-0.15, -0.1) is 11.3 Å². The Balaban J connectivity index is 1.42. The van der Waals surface area contributed by atoms with Gasteiger partial charge in [-0.1, -0.05) is 11.6 Å². The summed E-state index contributed by atoms with van der Waals surface area (Å²) in [6.45, 7) is 5.09. The third-order valence-corrected chi connectivity index (χ3v) is 5.49. The summed E-state index contributed by atoms with van der Waals surface area (Å²) in [7, 11) is 0. The van der Waals surface area contributed by atoms with E-state index in [4.69, 9.17) is 16.3 Å². The van der Waals surface area contributed by atoms with E-state index in [9.17, 15) is 4.79 Å². The van der Waals surface area contributed by atoms with Crippen LogP contribution in [-0.2, 0) is 4.74 Å². The molecule has 1 N–H and O–H groups in total. The van der Waals surface area contributed by atoms with Crippen LogP contribution in [0.25, 0.3) is 0 Å². The predicted molar refractivity (Wildman–Crippen MR) is 85.2 cm³/mol. The van der Waals surface area contributed by atoms with Crippen LogP contribution in [0.5, 0.6) is 0 Å². The molecule has 2 aliphatic heterocycles. The minimum Gasteiger partial charge on any atom is -0.381 e. The van der Waals surface area contributed by atoms with Crippen LogP contribution < -0.4 is 5.32 Å². The number of ether oxygens (including phenoxy) is 1. The molecule has 1 amide bonds. The van der Waals surface area contributed by atoms with Crippen molar-refractivity contribution in [3.63, 3.8) is 0 Å². The van der Waals surface area contributed by atoms with Gasteiger partial charge in [0.1, 0.15) is 0 Å². The number of halogens is 1. The van der Waals surface area contributed by atoms with Crippen LogP contribution in [0.3, 0.4) is 0 Å². The molecule has 2 fully saturated rings. The number of carbonyl (C=O) groups excluding carboxylic acids is 1. The Labute approximate surface area is 134 Å². The fourth-order valence-corrected chi connectivity index (χ4v) is 3.99. The Hall–Kier alpha value is -0.620. The summed E-state index contributed by atoms with van der Waals surface area (Å²) < 4.78 is 6.09. The summed E-state index contributed by atoms with van der Waals surface area (Å²) in [6, 6.07) is 3.85. The molecule has 0 saturated carbocycles. The molecule has 3 rings (SSSR count). The average molecular weight is 329 g/mol. The summed E-state index contributed by atoms with van der Waals surface area (Å²) in [5.41, 5.74) is 0. The van der Waals surface area contributed by atoms with Crippen LogP contribution in [0.1, 0.15) is 28.9 Å². The Morgan fingerprint density at radius 2 is 2.19 bits per heavy atom. The number of nitrogens with one attached hydrogen (secondary N) is 1. The first kappa shape index (κ1) is 15.3. The van der Waals surface area contributed by atoms with Gasteiger partial charge in [0.15, 0.2) is 0 Å². The second kappa shape index (κ2) is 7.09. The lowest BCUT2D eigenvalue weighted by atomic mass is 10.0. The van der Waals surface area contributed by atoms with Crippen LogP contribution in [0.2, 0.25) is 4.34 Å². The van der Waals surface area contributed by atoms with Crippen LogP contribution in [0.4, 0.5) is 0 Å². The highest BCUT2D eigenvalue weighted by molar-refractivity contribution is 7.17. The lowest BCUT2D eigenvalue weighted by Gasteiger charge is -2.33. The van der Waals surface area contributed by atoms with Gasteiger partial charge in [-0.25, -0.2) is 0 Å². The molecule has 0 spiro atoms. The summed E-state index contributed by atoms with van der Waals surface area (Å²) >= 11 is 7.20. The number of likely N-dealkylation sites (tertiary alicyclic amines) is 1. The number of hydrogen-bond acceptors (Lipinski definition) is 4. The van der Waals surface area contributed by atoms with Crippen molar-refractivity contribution in [1.29, 1.82) is 0 Å². The zero-order valence-electron chi connectivity index (χ0n) is 12.0. The first-order valence-electron chi connectivity index (χ1n) is 7.57. The third kappa shape index (κ3) is 4.19. The number of thiophene rings is 1. The van der Waals surface area contributed by atoms with Gasteiger partial charge in [0.05, 0.1) is 15.8 Å². The molecule has 1 atom stereocenters. The van der Waals surface area contributed by atoms with Crippen molar-refractivity contribution >= 4 is 28.8 Å². The molecule has 116 valence electrons. The van der Waals surface area contributed by atoms with E-state index in [0.717, 1.165) is 45.7 Å². The first-order valence-corrected chi connectivity index (χ1v) is 8.76. The molecule has 0 aliphatic carbocycles. The van der Waals surface area contributed by atoms with Gasteiger partial charge in [-0.3, -0.25) is 4.79 Å². The van der Waals surface area contributed by atoms with E-state index in [1.54, 1.807) is 12.1 Å². The molecule has 2 saturated heterocycles. The van der Waals surface area contributed by atoms with Crippen molar-refractivity contribution in [3.8, 4) is 0 Å². The molecule has 1 aromatic rings. The Morgan fingerprint density at radius 3 is 2.81 bits per heavy atom. The van der Waals surface area contributed by atoms with E-state index in [1.165, 1.54) is 17.8 Å². The monoisotopic (exact) mass is 328 g/mol. The highest BCUT2D eigenvalue weighted by Gasteiger charge is 2.25. The molecule has 1 aromatic heterocycles. The maximum Gasteiger partial charge on any atom is 0.261 e. The van der Waals surface area contributed by atoms with Crippen molar-refractivity contribution in [2.45, 2.75) is 25.3 Å². The van der Waals surface area contributed by atoms with E-state index < -0.39 is 0 Å². The van der Waals surface area contributed by atoms with Crippen LogP contribution >= 0.6 is 22.9 Å². The molecule has 1 unspecified atom stereocenters. The standard InChI is InChI=1S/C15H21ClN2O2S/c16-14-2-1-13(21-14)15(19)17-12-3-6-18(7-4-12)9-11-5-8-20-10-11/h1-2,11-12H,3-10H2,(H,17,19). The van der Waals surface area contributed by atoms with Crippen molar-refractivity contribution in [2.75, 3.05) is 32.8 Å². The van der Waals surface area contributed by atoms with Gasteiger partial charge < -0.3 is 15.0 Å². The molecule has 0 aromatic carbocycles. The molecule has 6 heteroatoms. The molecule has 21 heavy (non-hydrogen) atoms. The predicted octanol–water partition coefficient (Wildman–Crippen LogP) is 2.63. The lowest BCUT2D eigenvalue weighted by Crippen LogP contribution is -2.45. The zero-order chi connectivity index (χ0) is 14.7. The Kier molecular flexibility index (Phi) is 5.16. The molecule has 0 bridgehead atoms. The van der Waals surface area contributed by atoms with Crippen molar-refractivity contribution in [2.24, 2.45) is 5.92 Å². The lowest BCUT2D eigenvalue weighted by molar-refractivity contribution is 0.0907.